The van der Waals surface area contributed by atoms with E-state index in [-0.39, 0.29) is 23.8 Å². The lowest BCUT2D eigenvalue weighted by Gasteiger charge is -2.27. The quantitative estimate of drug-likeness (QED) is 0.781. The SMILES string of the molecule is C[C@H](NC(=O)C1CCC1)C(=O)N[C@@H](C)c1cc2c(cc1Br)OCCO2. The van der Waals surface area contributed by atoms with Gasteiger partial charge in [-0.2, -0.15) is 0 Å². The maximum atomic E-state index is 12.4. The van der Waals surface area contributed by atoms with E-state index in [1.165, 1.54) is 0 Å². The fourth-order valence-electron chi connectivity index (χ4n) is 2.89. The second-order valence-electron chi connectivity index (χ2n) is 6.61. The topological polar surface area (TPSA) is 76.7 Å². The van der Waals surface area contributed by atoms with Crippen LogP contribution >= 0.6 is 15.9 Å². The zero-order valence-corrected chi connectivity index (χ0v) is 16.0. The van der Waals surface area contributed by atoms with Gasteiger partial charge in [0.05, 0.1) is 6.04 Å². The Balaban J connectivity index is 1.61. The first-order valence-corrected chi connectivity index (χ1v) is 9.45. The number of hydrogen-bond donors (Lipinski definition) is 2. The first-order chi connectivity index (χ1) is 12.0. The summed E-state index contributed by atoms with van der Waals surface area (Å²) >= 11 is 3.52. The molecule has 6 nitrogen and oxygen atoms in total. The molecular formula is C18H23BrN2O4. The van der Waals surface area contributed by atoms with Gasteiger partial charge in [-0.25, -0.2) is 0 Å². The van der Waals surface area contributed by atoms with Crippen LogP contribution in [0.1, 0.15) is 44.7 Å². The van der Waals surface area contributed by atoms with Crippen LogP contribution in [0.5, 0.6) is 11.5 Å². The zero-order chi connectivity index (χ0) is 18.0. The van der Waals surface area contributed by atoms with Crippen LogP contribution in [0.4, 0.5) is 0 Å². The van der Waals surface area contributed by atoms with Crippen molar-refractivity contribution in [2.45, 2.75) is 45.2 Å². The highest BCUT2D eigenvalue weighted by Crippen LogP contribution is 2.37. The second-order valence-corrected chi connectivity index (χ2v) is 7.46. The molecule has 0 radical (unpaired) electrons. The summed E-state index contributed by atoms with van der Waals surface area (Å²) in [6, 6.07) is 2.93. The number of nitrogens with one attached hydrogen (secondary N) is 2. The summed E-state index contributed by atoms with van der Waals surface area (Å²) < 4.78 is 12.0. The molecule has 0 aromatic heterocycles. The molecule has 0 unspecified atom stereocenters. The van der Waals surface area contributed by atoms with E-state index in [1.807, 2.05) is 19.1 Å². The molecule has 1 heterocycles. The maximum Gasteiger partial charge on any atom is 0.242 e. The molecule has 2 atom stereocenters. The zero-order valence-electron chi connectivity index (χ0n) is 14.4. The monoisotopic (exact) mass is 410 g/mol. The standard InChI is InChI=1S/C18H23BrN2O4/c1-10(13-8-15-16(9-14(13)19)25-7-6-24-15)20-17(22)11(2)21-18(23)12-4-3-5-12/h8-12H,3-7H2,1-2H3,(H,20,22)(H,21,23)/t10-,11-/m0/s1. The van der Waals surface area contributed by atoms with Crippen LogP contribution in [0.25, 0.3) is 0 Å². The number of hydrogen-bond acceptors (Lipinski definition) is 4. The van der Waals surface area contributed by atoms with Crippen molar-refractivity contribution in [2.75, 3.05) is 13.2 Å². The van der Waals surface area contributed by atoms with Crippen LogP contribution in [0, 0.1) is 5.92 Å². The largest absolute Gasteiger partial charge is 0.486 e. The molecule has 1 aliphatic heterocycles. The molecule has 25 heavy (non-hydrogen) atoms. The van der Waals surface area contributed by atoms with Gasteiger partial charge in [0, 0.05) is 10.4 Å². The molecule has 3 rings (SSSR count). The summed E-state index contributed by atoms with van der Waals surface area (Å²) in [5, 5.41) is 5.74. The van der Waals surface area contributed by atoms with Gasteiger partial charge in [-0.05, 0) is 44.4 Å². The predicted molar refractivity (Wildman–Crippen MR) is 96.6 cm³/mol. The molecule has 2 N–H and O–H groups in total. The van der Waals surface area contributed by atoms with Crippen molar-refractivity contribution in [1.82, 2.24) is 10.6 Å². The van der Waals surface area contributed by atoms with Crippen LogP contribution in [0.2, 0.25) is 0 Å². The Morgan fingerprint density at radius 1 is 1.12 bits per heavy atom. The molecule has 0 bridgehead atoms. The van der Waals surface area contributed by atoms with E-state index < -0.39 is 6.04 Å². The van der Waals surface area contributed by atoms with Crippen molar-refractivity contribution in [2.24, 2.45) is 5.92 Å². The third-order valence-electron chi connectivity index (χ3n) is 4.71. The van der Waals surface area contributed by atoms with Gasteiger partial charge in [0.2, 0.25) is 11.8 Å². The highest BCUT2D eigenvalue weighted by molar-refractivity contribution is 9.10. The Labute approximate surface area is 155 Å². The van der Waals surface area contributed by atoms with E-state index in [4.69, 9.17) is 9.47 Å². The van der Waals surface area contributed by atoms with E-state index in [2.05, 4.69) is 26.6 Å². The number of carbonyl (C=O) groups is 2. The summed E-state index contributed by atoms with van der Waals surface area (Å²) in [5.41, 5.74) is 0.898. The second kappa shape index (κ2) is 7.64. The van der Waals surface area contributed by atoms with E-state index in [0.29, 0.717) is 24.7 Å². The van der Waals surface area contributed by atoms with E-state index >= 15 is 0 Å². The van der Waals surface area contributed by atoms with Crippen molar-refractivity contribution in [3.05, 3.63) is 22.2 Å². The van der Waals surface area contributed by atoms with Crippen LogP contribution in [-0.2, 0) is 9.59 Å². The Morgan fingerprint density at radius 3 is 2.36 bits per heavy atom. The van der Waals surface area contributed by atoms with Gasteiger partial charge in [0.15, 0.2) is 11.5 Å². The lowest BCUT2D eigenvalue weighted by molar-refractivity contribution is -0.132. The van der Waals surface area contributed by atoms with Crippen molar-refractivity contribution in [3.63, 3.8) is 0 Å². The minimum Gasteiger partial charge on any atom is -0.486 e. The summed E-state index contributed by atoms with van der Waals surface area (Å²) in [4.78, 5) is 24.4. The van der Waals surface area contributed by atoms with Gasteiger partial charge in [-0.15, -0.1) is 0 Å². The molecule has 1 saturated carbocycles. The van der Waals surface area contributed by atoms with Crippen molar-refractivity contribution >= 4 is 27.7 Å². The minimum atomic E-state index is -0.563. The number of fused-ring (bicyclic) bond motifs is 1. The highest BCUT2D eigenvalue weighted by Gasteiger charge is 2.28. The Morgan fingerprint density at radius 2 is 1.76 bits per heavy atom. The number of rotatable bonds is 5. The maximum absolute atomic E-state index is 12.4. The average molecular weight is 411 g/mol. The number of ether oxygens (including phenoxy) is 2. The number of carbonyl (C=O) groups excluding carboxylic acids is 2. The van der Waals surface area contributed by atoms with E-state index in [9.17, 15) is 9.59 Å². The lowest BCUT2D eigenvalue weighted by Crippen LogP contribution is -2.48. The van der Waals surface area contributed by atoms with Gasteiger partial charge < -0.3 is 20.1 Å². The molecule has 2 aliphatic rings. The molecular weight excluding hydrogens is 388 g/mol. The van der Waals surface area contributed by atoms with Gasteiger partial charge in [-0.1, -0.05) is 22.4 Å². The van der Waals surface area contributed by atoms with Crippen molar-refractivity contribution < 1.29 is 19.1 Å². The summed E-state index contributed by atoms with van der Waals surface area (Å²) in [7, 11) is 0. The van der Waals surface area contributed by atoms with Crippen LogP contribution in [0.3, 0.4) is 0 Å². The molecule has 2 amide bonds. The van der Waals surface area contributed by atoms with Gasteiger partial charge in [-0.3, -0.25) is 9.59 Å². The van der Waals surface area contributed by atoms with Crippen LogP contribution in [0.15, 0.2) is 16.6 Å². The Hall–Kier alpha value is -1.76. The Kier molecular flexibility index (Phi) is 5.51. The highest BCUT2D eigenvalue weighted by atomic mass is 79.9. The summed E-state index contributed by atoms with van der Waals surface area (Å²) in [6.45, 7) is 4.65. The van der Waals surface area contributed by atoms with Gasteiger partial charge >= 0.3 is 0 Å². The van der Waals surface area contributed by atoms with E-state index in [0.717, 1.165) is 29.3 Å². The average Bonchev–Trinajstić information content (AvgIpc) is 2.52. The third-order valence-corrected chi connectivity index (χ3v) is 5.40. The molecule has 7 heteroatoms. The minimum absolute atomic E-state index is 0.0259. The number of halogens is 1. The summed E-state index contributed by atoms with van der Waals surface area (Å²) in [6.07, 6.45) is 2.93. The molecule has 1 fully saturated rings. The first kappa shape index (κ1) is 18.0. The summed E-state index contributed by atoms with van der Waals surface area (Å²) in [5.74, 6) is 1.21. The number of benzene rings is 1. The van der Waals surface area contributed by atoms with Crippen molar-refractivity contribution in [1.29, 1.82) is 0 Å². The van der Waals surface area contributed by atoms with Gasteiger partial charge in [0.1, 0.15) is 19.3 Å². The molecule has 1 aliphatic carbocycles. The third kappa shape index (κ3) is 4.08. The lowest BCUT2D eigenvalue weighted by atomic mass is 9.84. The van der Waals surface area contributed by atoms with Crippen LogP contribution < -0.4 is 20.1 Å². The fourth-order valence-corrected chi connectivity index (χ4v) is 3.56. The molecule has 0 spiro atoms. The molecule has 0 saturated heterocycles. The van der Waals surface area contributed by atoms with E-state index in [1.54, 1.807) is 6.92 Å². The predicted octanol–water partition coefficient (Wildman–Crippen LogP) is 2.70. The normalized spacial score (nSPS) is 18.7. The smallest absolute Gasteiger partial charge is 0.242 e. The first-order valence-electron chi connectivity index (χ1n) is 8.65. The molecule has 1 aromatic rings. The number of amides is 2. The molecule has 1 aromatic carbocycles. The molecule has 136 valence electrons. The van der Waals surface area contributed by atoms with Gasteiger partial charge in [0.25, 0.3) is 0 Å². The Bertz CT molecular complexity index is 675. The van der Waals surface area contributed by atoms with Crippen molar-refractivity contribution in [3.8, 4) is 11.5 Å². The fraction of sp³-hybridized carbons (Fsp3) is 0.556. The van der Waals surface area contributed by atoms with Crippen LogP contribution in [-0.4, -0.2) is 31.1 Å².